The van der Waals surface area contributed by atoms with Gasteiger partial charge in [-0.15, -0.1) is 0 Å². The minimum absolute atomic E-state index is 0.313. The standard InChI is InChI=1S/C8H18N6/c1-12-5-7(9)3-4-8(12)14-6-13(2)10-11-14/h7-8H,3-6,9H2,1-2H3. The summed E-state index contributed by atoms with van der Waals surface area (Å²) in [5, 5.41) is 11.9. The first-order valence-electron chi connectivity index (χ1n) is 5.02. The van der Waals surface area contributed by atoms with Gasteiger partial charge in [0.2, 0.25) is 0 Å². The molecule has 0 aromatic heterocycles. The fourth-order valence-electron chi connectivity index (χ4n) is 2.08. The molecule has 2 N–H and O–H groups in total. The molecule has 2 atom stereocenters. The molecule has 2 rings (SSSR count). The predicted molar refractivity (Wildman–Crippen MR) is 53.0 cm³/mol. The van der Waals surface area contributed by atoms with Crippen molar-refractivity contribution in [1.82, 2.24) is 14.9 Å². The maximum absolute atomic E-state index is 5.89. The van der Waals surface area contributed by atoms with Crippen molar-refractivity contribution in [3.05, 3.63) is 0 Å². The van der Waals surface area contributed by atoms with Gasteiger partial charge in [-0.1, -0.05) is 5.22 Å². The van der Waals surface area contributed by atoms with Crippen molar-refractivity contribution in [2.24, 2.45) is 16.2 Å². The highest BCUT2D eigenvalue weighted by Gasteiger charge is 2.30. The second-order valence-corrected chi connectivity index (χ2v) is 4.18. The van der Waals surface area contributed by atoms with Crippen molar-refractivity contribution < 1.29 is 0 Å². The van der Waals surface area contributed by atoms with E-state index in [1.165, 1.54) is 0 Å². The van der Waals surface area contributed by atoms with E-state index in [9.17, 15) is 0 Å². The topological polar surface area (TPSA) is 60.5 Å². The Balaban J connectivity index is 1.95. The Morgan fingerprint density at radius 1 is 1.21 bits per heavy atom. The SMILES string of the molecule is CN1CN(C2CCC(N)CN2C)N=N1. The lowest BCUT2D eigenvalue weighted by molar-refractivity contribution is 0.0210. The molecule has 2 heterocycles. The van der Waals surface area contributed by atoms with Gasteiger partial charge in [-0.2, -0.15) is 0 Å². The third-order valence-electron chi connectivity index (χ3n) is 2.83. The Morgan fingerprint density at radius 3 is 2.57 bits per heavy atom. The number of nitrogens with two attached hydrogens (primary N) is 1. The zero-order valence-electron chi connectivity index (χ0n) is 8.80. The summed E-state index contributed by atoms with van der Waals surface area (Å²) in [5.74, 6) is 0. The van der Waals surface area contributed by atoms with Crippen molar-refractivity contribution in [2.75, 3.05) is 27.3 Å². The van der Waals surface area contributed by atoms with Crippen LogP contribution in [-0.4, -0.2) is 54.4 Å². The second-order valence-electron chi connectivity index (χ2n) is 4.18. The van der Waals surface area contributed by atoms with Crippen molar-refractivity contribution in [3.8, 4) is 0 Å². The lowest BCUT2D eigenvalue weighted by atomic mass is 10.0. The molecule has 0 aromatic rings. The first-order chi connectivity index (χ1) is 6.66. The van der Waals surface area contributed by atoms with Crippen LogP contribution >= 0.6 is 0 Å². The summed E-state index contributed by atoms with van der Waals surface area (Å²) in [4.78, 5) is 2.26. The molecule has 0 bridgehead atoms. The van der Waals surface area contributed by atoms with E-state index >= 15 is 0 Å². The van der Waals surface area contributed by atoms with Crippen LogP contribution in [0.25, 0.3) is 0 Å². The molecule has 6 nitrogen and oxygen atoms in total. The smallest absolute Gasteiger partial charge is 0.128 e. The summed E-state index contributed by atoms with van der Waals surface area (Å²) in [6, 6.07) is 0.313. The molecule has 2 unspecified atom stereocenters. The van der Waals surface area contributed by atoms with E-state index in [0.29, 0.717) is 12.2 Å². The Bertz CT molecular complexity index is 230. The van der Waals surface area contributed by atoms with Gasteiger partial charge in [0.1, 0.15) is 12.8 Å². The number of piperidine rings is 1. The van der Waals surface area contributed by atoms with Crippen LogP contribution in [0.4, 0.5) is 0 Å². The van der Waals surface area contributed by atoms with Gasteiger partial charge in [0.15, 0.2) is 0 Å². The van der Waals surface area contributed by atoms with Crippen LogP contribution in [0.1, 0.15) is 12.8 Å². The largest absolute Gasteiger partial charge is 0.327 e. The molecular weight excluding hydrogens is 180 g/mol. The molecule has 0 aromatic carbocycles. The highest BCUT2D eigenvalue weighted by atomic mass is 15.8. The Hall–Kier alpha value is -0.880. The fraction of sp³-hybridized carbons (Fsp3) is 1.00. The van der Waals surface area contributed by atoms with Gasteiger partial charge in [0, 0.05) is 19.6 Å². The molecule has 0 spiro atoms. The van der Waals surface area contributed by atoms with Crippen molar-refractivity contribution >= 4 is 0 Å². The van der Waals surface area contributed by atoms with Gasteiger partial charge in [-0.05, 0) is 25.1 Å². The molecule has 0 amide bonds. The van der Waals surface area contributed by atoms with Crippen LogP contribution in [0.15, 0.2) is 10.4 Å². The summed E-state index contributed by atoms with van der Waals surface area (Å²) in [6.07, 6.45) is 2.51. The Kier molecular flexibility index (Phi) is 2.56. The maximum atomic E-state index is 5.89. The van der Waals surface area contributed by atoms with Gasteiger partial charge in [0.05, 0.1) is 0 Å². The molecule has 2 aliphatic heterocycles. The molecule has 1 saturated heterocycles. The molecule has 1 fully saturated rings. The summed E-state index contributed by atoms with van der Waals surface area (Å²) in [6.45, 7) is 1.73. The van der Waals surface area contributed by atoms with E-state index in [4.69, 9.17) is 5.73 Å². The highest BCUT2D eigenvalue weighted by Crippen LogP contribution is 2.21. The molecule has 2 aliphatic rings. The van der Waals surface area contributed by atoms with E-state index in [2.05, 4.69) is 22.4 Å². The number of hydrogen-bond donors (Lipinski definition) is 1. The summed E-state index contributed by atoms with van der Waals surface area (Å²) in [5.41, 5.74) is 5.89. The number of rotatable bonds is 1. The first-order valence-corrected chi connectivity index (χ1v) is 5.02. The maximum Gasteiger partial charge on any atom is 0.128 e. The van der Waals surface area contributed by atoms with Crippen LogP contribution in [0, 0.1) is 0 Å². The summed E-state index contributed by atoms with van der Waals surface area (Å²) >= 11 is 0. The van der Waals surface area contributed by atoms with Gasteiger partial charge in [0.25, 0.3) is 0 Å². The van der Waals surface area contributed by atoms with Crippen LogP contribution in [-0.2, 0) is 0 Å². The molecule has 0 saturated carbocycles. The minimum atomic E-state index is 0.313. The molecule has 0 radical (unpaired) electrons. The Morgan fingerprint density at radius 2 is 2.00 bits per heavy atom. The van der Waals surface area contributed by atoms with E-state index < -0.39 is 0 Å². The second kappa shape index (κ2) is 3.70. The zero-order valence-corrected chi connectivity index (χ0v) is 8.80. The van der Waals surface area contributed by atoms with Crippen molar-refractivity contribution in [1.29, 1.82) is 0 Å². The van der Waals surface area contributed by atoms with Crippen LogP contribution in [0.5, 0.6) is 0 Å². The average Bonchev–Trinajstić information content (AvgIpc) is 2.51. The summed E-state index contributed by atoms with van der Waals surface area (Å²) < 4.78 is 0. The van der Waals surface area contributed by atoms with Crippen molar-refractivity contribution in [3.63, 3.8) is 0 Å². The number of likely N-dealkylation sites (N-methyl/N-ethyl adjacent to an activating group) is 1. The van der Waals surface area contributed by atoms with E-state index in [1.54, 1.807) is 0 Å². The van der Waals surface area contributed by atoms with Gasteiger partial charge in [-0.25, -0.2) is 5.01 Å². The van der Waals surface area contributed by atoms with Crippen LogP contribution < -0.4 is 5.73 Å². The molecular formula is C8H18N6. The average molecular weight is 198 g/mol. The molecule has 0 aliphatic carbocycles. The third kappa shape index (κ3) is 1.80. The molecule has 6 heteroatoms. The predicted octanol–water partition coefficient (Wildman–Crippen LogP) is -0.147. The van der Waals surface area contributed by atoms with E-state index in [1.807, 2.05) is 17.1 Å². The molecule has 14 heavy (non-hydrogen) atoms. The van der Waals surface area contributed by atoms with E-state index in [0.717, 1.165) is 26.1 Å². The number of likely N-dealkylation sites (tertiary alicyclic amines) is 1. The van der Waals surface area contributed by atoms with Gasteiger partial charge < -0.3 is 5.73 Å². The molecule has 80 valence electrons. The number of hydrogen-bond acceptors (Lipinski definition) is 6. The normalized spacial score (nSPS) is 34.2. The minimum Gasteiger partial charge on any atom is -0.327 e. The highest BCUT2D eigenvalue weighted by molar-refractivity contribution is 4.80. The summed E-state index contributed by atoms with van der Waals surface area (Å²) in [7, 11) is 4.02. The van der Waals surface area contributed by atoms with Crippen LogP contribution in [0.2, 0.25) is 0 Å². The van der Waals surface area contributed by atoms with Crippen LogP contribution in [0.3, 0.4) is 0 Å². The van der Waals surface area contributed by atoms with Gasteiger partial charge >= 0.3 is 0 Å². The quantitative estimate of drug-likeness (QED) is 0.636. The third-order valence-corrected chi connectivity index (χ3v) is 2.83. The lowest BCUT2D eigenvalue weighted by Crippen LogP contribution is -2.53. The van der Waals surface area contributed by atoms with E-state index in [-0.39, 0.29) is 0 Å². The Labute approximate surface area is 84.3 Å². The van der Waals surface area contributed by atoms with Gasteiger partial charge in [-0.3, -0.25) is 9.91 Å². The van der Waals surface area contributed by atoms with Crippen molar-refractivity contribution in [2.45, 2.75) is 25.0 Å². The number of nitrogens with zero attached hydrogens (tertiary/aromatic N) is 5. The zero-order chi connectivity index (χ0) is 10.1. The lowest BCUT2D eigenvalue weighted by Gasteiger charge is -2.39. The fourth-order valence-corrected chi connectivity index (χ4v) is 2.08. The first kappa shape index (κ1) is 9.67. The monoisotopic (exact) mass is 198 g/mol.